The Hall–Kier alpha value is -6.92. The second-order valence-corrected chi connectivity index (χ2v) is 16.6. The van der Waals surface area contributed by atoms with Crippen LogP contribution in [0.2, 0.25) is 0 Å². The number of thiophene rings is 2. The highest BCUT2D eigenvalue weighted by atomic mass is 32.1. The van der Waals surface area contributed by atoms with Crippen LogP contribution in [0.25, 0.3) is 113 Å². The van der Waals surface area contributed by atoms with Gasteiger partial charge in [0.05, 0.1) is 16.6 Å². The first-order chi connectivity index (χ1) is 28.3. The van der Waals surface area contributed by atoms with Crippen LogP contribution in [0.1, 0.15) is 0 Å². The van der Waals surface area contributed by atoms with E-state index in [-0.39, 0.29) is 0 Å². The summed E-state index contributed by atoms with van der Waals surface area (Å²) in [5.74, 6) is 0.694. The fraction of sp³-hybridized carbons (Fsp3) is 0. The molecule has 0 aliphatic carbocycles. The smallest absolute Gasteiger partial charge is 0.162 e. The zero-order chi connectivity index (χ0) is 37.5. The van der Waals surface area contributed by atoms with Crippen LogP contribution in [-0.4, -0.2) is 14.5 Å². The molecule has 0 amide bonds. The summed E-state index contributed by atoms with van der Waals surface area (Å²) in [4.78, 5) is 11.0. The van der Waals surface area contributed by atoms with Gasteiger partial charge < -0.3 is 0 Å². The van der Waals surface area contributed by atoms with Crippen molar-refractivity contribution in [2.45, 2.75) is 0 Å². The third-order valence-corrected chi connectivity index (χ3v) is 13.7. The van der Waals surface area contributed by atoms with Crippen LogP contribution in [0.5, 0.6) is 0 Å². The van der Waals surface area contributed by atoms with Crippen LogP contribution in [0, 0.1) is 0 Å². The van der Waals surface area contributed by atoms with E-state index in [2.05, 4.69) is 193 Å². The van der Waals surface area contributed by atoms with E-state index in [0.29, 0.717) is 5.82 Å². The van der Waals surface area contributed by atoms with Gasteiger partial charge in [0.25, 0.3) is 0 Å². The van der Waals surface area contributed by atoms with E-state index in [1.165, 1.54) is 57.0 Å². The average Bonchev–Trinajstić information content (AvgIpc) is 3.96. The minimum atomic E-state index is 0.694. The number of benzene rings is 8. The Labute approximate surface area is 336 Å². The molecule has 0 saturated carbocycles. The number of nitrogens with zero attached hydrogens (tertiary/aromatic N) is 3. The Morgan fingerprint density at radius 1 is 0.386 bits per heavy atom. The molecule has 3 nitrogen and oxygen atoms in total. The summed E-state index contributed by atoms with van der Waals surface area (Å²) in [7, 11) is 0. The van der Waals surface area contributed by atoms with Gasteiger partial charge >= 0.3 is 0 Å². The molecule has 8 aromatic carbocycles. The summed E-state index contributed by atoms with van der Waals surface area (Å²) in [6.07, 6.45) is 0. The van der Waals surface area contributed by atoms with Crippen LogP contribution < -0.4 is 0 Å². The maximum absolute atomic E-state index is 5.54. The second-order valence-electron chi connectivity index (χ2n) is 14.5. The van der Waals surface area contributed by atoms with Crippen molar-refractivity contribution in [1.82, 2.24) is 14.5 Å². The van der Waals surface area contributed by atoms with E-state index in [1.54, 1.807) is 0 Å². The van der Waals surface area contributed by atoms with E-state index in [1.807, 2.05) is 22.7 Å². The van der Waals surface area contributed by atoms with Gasteiger partial charge in [0.1, 0.15) is 5.65 Å². The van der Waals surface area contributed by atoms with Crippen LogP contribution in [0.3, 0.4) is 0 Å². The Balaban J connectivity index is 1.11. The molecule has 57 heavy (non-hydrogen) atoms. The number of hydrogen-bond donors (Lipinski definition) is 0. The standard InChI is InChI=1S/C52H31N3S2/c1-2-18-36(19-3-1)55-44-27-7-4-22-43(44)47-48(34-16-10-14-32(30-34)37-23-12-25-41-39-20-5-8-28-45(39)56-49(37)41)53-51(54-52(47)55)35-17-11-15-33(31-35)38-24-13-26-42-40-21-6-9-29-46(40)57-50(38)42/h1-31H. The van der Waals surface area contributed by atoms with Crippen LogP contribution in [-0.2, 0) is 0 Å². The molecule has 0 fully saturated rings. The van der Waals surface area contributed by atoms with Crippen molar-refractivity contribution >= 4 is 85.0 Å². The number of hydrogen-bond acceptors (Lipinski definition) is 4. The lowest BCUT2D eigenvalue weighted by molar-refractivity contribution is 1.11. The monoisotopic (exact) mass is 761 g/mol. The average molecular weight is 762 g/mol. The molecule has 0 bridgehead atoms. The van der Waals surface area contributed by atoms with Crippen LogP contribution in [0.15, 0.2) is 188 Å². The Morgan fingerprint density at radius 3 is 1.56 bits per heavy atom. The van der Waals surface area contributed by atoms with Gasteiger partial charge in [0, 0.05) is 62.5 Å². The minimum Gasteiger partial charge on any atom is -0.294 e. The molecule has 0 N–H and O–H groups in total. The molecule has 0 aliphatic rings. The highest BCUT2D eigenvalue weighted by molar-refractivity contribution is 7.26. The van der Waals surface area contributed by atoms with Crippen molar-refractivity contribution in [2.75, 3.05) is 0 Å². The minimum absolute atomic E-state index is 0.694. The molecular weight excluding hydrogens is 731 g/mol. The third kappa shape index (κ3) is 5.10. The van der Waals surface area contributed by atoms with E-state index in [4.69, 9.17) is 9.97 Å². The van der Waals surface area contributed by atoms with E-state index in [9.17, 15) is 0 Å². The summed E-state index contributed by atoms with van der Waals surface area (Å²) < 4.78 is 7.49. The number of aromatic nitrogens is 3. The first kappa shape index (κ1) is 32.3. The highest BCUT2D eigenvalue weighted by Gasteiger charge is 2.22. The fourth-order valence-electron chi connectivity index (χ4n) is 8.64. The van der Waals surface area contributed by atoms with Gasteiger partial charge in [-0.25, -0.2) is 9.97 Å². The summed E-state index contributed by atoms with van der Waals surface area (Å²) in [5, 5.41) is 7.35. The number of para-hydroxylation sites is 2. The molecule has 0 atom stereocenters. The lowest BCUT2D eigenvalue weighted by Gasteiger charge is -2.12. The van der Waals surface area contributed by atoms with Crippen molar-refractivity contribution in [3.05, 3.63) is 188 Å². The Kier molecular flexibility index (Phi) is 7.27. The third-order valence-electron chi connectivity index (χ3n) is 11.2. The normalized spacial score (nSPS) is 11.9. The van der Waals surface area contributed by atoms with Gasteiger partial charge in [-0.2, -0.15) is 0 Å². The zero-order valence-corrected chi connectivity index (χ0v) is 32.2. The topological polar surface area (TPSA) is 30.7 Å². The summed E-state index contributed by atoms with van der Waals surface area (Å²) in [6.45, 7) is 0. The Morgan fingerprint density at radius 2 is 0.895 bits per heavy atom. The van der Waals surface area contributed by atoms with Crippen LogP contribution in [0.4, 0.5) is 0 Å². The van der Waals surface area contributed by atoms with Crippen molar-refractivity contribution in [3.63, 3.8) is 0 Å². The molecule has 0 aliphatic heterocycles. The molecule has 4 aromatic heterocycles. The maximum Gasteiger partial charge on any atom is 0.162 e. The highest BCUT2D eigenvalue weighted by Crippen LogP contribution is 2.44. The fourth-order valence-corrected chi connectivity index (χ4v) is 11.1. The SMILES string of the molecule is c1ccc(-n2c3ccccc3c3c(-c4cccc(-c5cccc6c5sc5ccccc56)c4)nc(-c4cccc(-c5cccc6c5sc5ccccc56)c4)nc32)cc1. The maximum atomic E-state index is 5.54. The van der Waals surface area contributed by atoms with E-state index in [0.717, 1.165) is 50.0 Å². The van der Waals surface area contributed by atoms with E-state index >= 15 is 0 Å². The molecule has 4 heterocycles. The largest absolute Gasteiger partial charge is 0.294 e. The number of rotatable bonds is 5. The molecule has 5 heteroatoms. The van der Waals surface area contributed by atoms with Crippen LogP contribution >= 0.6 is 22.7 Å². The molecule has 266 valence electrons. The molecule has 0 radical (unpaired) electrons. The Bertz CT molecular complexity index is 3540. The van der Waals surface area contributed by atoms with Crippen molar-refractivity contribution in [3.8, 4) is 50.6 Å². The molecular formula is C52H31N3S2. The lowest BCUT2D eigenvalue weighted by Crippen LogP contribution is -1.99. The first-order valence-electron chi connectivity index (χ1n) is 19.2. The summed E-state index contributed by atoms with van der Waals surface area (Å²) in [6, 6.07) is 67.6. The molecule has 0 spiro atoms. The summed E-state index contributed by atoms with van der Waals surface area (Å²) >= 11 is 3.72. The van der Waals surface area contributed by atoms with Gasteiger partial charge in [-0.1, -0.05) is 146 Å². The van der Waals surface area contributed by atoms with Gasteiger partial charge in [-0.05, 0) is 64.7 Å². The second kappa shape index (κ2) is 12.8. The van der Waals surface area contributed by atoms with E-state index < -0.39 is 0 Å². The lowest BCUT2D eigenvalue weighted by atomic mass is 9.98. The van der Waals surface area contributed by atoms with Gasteiger partial charge in [-0.15, -0.1) is 22.7 Å². The molecule has 0 unspecified atom stereocenters. The van der Waals surface area contributed by atoms with Gasteiger partial charge in [-0.3, -0.25) is 4.57 Å². The van der Waals surface area contributed by atoms with Crippen molar-refractivity contribution in [1.29, 1.82) is 0 Å². The van der Waals surface area contributed by atoms with Crippen molar-refractivity contribution in [2.24, 2.45) is 0 Å². The first-order valence-corrected chi connectivity index (χ1v) is 20.8. The molecule has 12 rings (SSSR count). The number of fused-ring (bicyclic) bond motifs is 9. The quantitative estimate of drug-likeness (QED) is 0.175. The van der Waals surface area contributed by atoms with Gasteiger partial charge in [0.15, 0.2) is 5.82 Å². The molecule has 12 aromatic rings. The zero-order valence-electron chi connectivity index (χ0n) is 30.6. The molecule has 0 saturated heterocycles. The predicted molar refractivity (Wildman–Crippen MR) is 244 cm³/mol. The van der Waals surface area contributed by atoms with Crippen molar-refractivity contribution < 1.29 is 0 Å². The summed E-state index contributed by atoms with van der Waals surface area (Å²) in [5.41, 5.74) is 10.8. The predicted octanol–water partition coefficient (Wildman–Crippen LogP) is 15.0. The van der Waals surface area contributed by atoms with Gasteiger partial charge in [0.2, 0.25) is 0 Å².